The van der Waals surface area contributed by atoms with Gasteiger partial charge in [-0.15, -0.1) is 5.92 Å². The molecule has 3 nitrogen and oxygen atoms in total. The van der Waals surface area contributed by atoms with Crippen LogP contribution in [0.3, 0.4) is 0 Å². The van der Waals surface area contributed by atoms with Crippen molar-refractivity contribution in [3.05, 3.63) is 35.4 Å². The monoisotopic (exact) mass is 372 g/mol. The molecule has 0 fully saturated rings. The molecule has 1 rings (SSSR count). The predicted molar refractivity (Wildman–Crippen MR) is 112 cm³/mol. The molecule has 27 heavy (non-hydrogen) atoms. The minimum absolute atomic E-state index is 0.0641. The van der Waals surface area contributed by atoms with Gasteiger partial charge >= 0.3 is 5.97 Å². The second kappa shape index (κ2) is 15.3. The summed E-state index contributed by atoms with van der Waals surface area (Å²) in [6.07, 6.45) is 12.2. The van der Waals surface area contributed by atoms with Crippen LogP contribution < -0.4 is 0 Å². The lowest BCUT2D eigenvalue weighted by molar-refractivity contribution is -0.136. The molecule has 0 saturated heterocycles. The van der Waals surface area contributed by atoms with Crippen molar-refractivity contribution in [2.75, 3.05) is 0 Å². The van der Waals surface area contributed by atoms with Gasteiger partial charge in [0.05, 0.1) is 6.61 Å². The van der Waals surface area contributed by atoms with Crippen LogP contribution in [0.25, 0.3) is 0 Å². The number of ether oxygens (including phenoxy) is 1. The van der Waals surface area contributed by atoms with Gasteiger partial charge in [0.15, 0.2) is 0 Å². The number of carboxylic acids is 1. The summed E-state index contributed by atoms with van der Waals surface area (Å²) in [4.78, 5) is 10.6. The molecule has 0 bridgehead atoms. The summed E-state index contributed by atoms with van der Waals surface area (Å²) < 4.78 is 5.78. The van der Waals surface area contributed by atoms with Crippen molar-refractivity contribution >= 4 is 5.97 Å². The van der Waals surface area contributed by atoms with Gasteiger partial charge in [-0.1, -0.05) is 82.1 Å². The van der Waals surface area contributed by atoms with Crippen LogP contribution in [0.1, 0.15) is 89.2 Å². The number of aryl methyl sites for hydroxylation is 1. The Morgan fingerprint density at radius 1 is 1.00 bits per heavy atom. The molecule has 0 unspecified atom stereocenters. The topological polar surface area (TPSA) is 46.5 Å². The summed E-state index contributed by atoms with van der Waals surface area (Å²) in [5.41, 5.74) is 2.13. The van der Waals surface area contributed by atoms with E-state index < -0.39 is 5.97 Å². The normalized spacial score (nSPS) is 11.6. The molecule has 0 spiro atoms. The van der Waals surface area contributed by atoms with Gasteiger partial charge in [0.1, 0.15) is 6.10 Å². The highest BCUT2D eigenvalue weighted by molar-refractivity contribution is 5.67. The highest BCUT2D eigenvalue weighted by Gasteiger charge is 2.01. The van der Waals surface area contributed by atoms with Crippen LogP contribution in [0.5, 0.6) is 0 Å². The second-order valence-electron chi connectivity index (χ2n) is 7.21. The molecule has 0 radical (unpaired) electrons. The molecule has 0 saturated carbocycles. The van der Waals surface area contributed by atoms with E-state index >= 15 is 0 Å². The third kappa shape index (κ3) is 13.1. The third-order valence-corrected chi connectivity index (χ3v) is 4.61. The van der Waals surface area contributed by atoms with E-state index in [1.54, 1.807) is 0 Å². The standard InChI is InChI=1S/C24H36O3/c1-3-4-5-6-7-8-9-10-11-12-13-21(2)27-20-23-16-14-22(15-17-23)18-19-24(25)26/h14-17,21H,3-11,18-20H2,1-2H3,(H,25,26)/t21-/m1/s1. The molecule has 0 aliphatic heterocycles. The van der Waals surface area contributed by atoms with Crippen molar-refractivity contribution in [2.24, 2.45) is 0 Å². The van der Waals surface area contributed by atoms with Crippen LogP contribution in [0.2, 0.25) is 0 Å². The van der Waals surface area contributed by atoms with Gasteiger partial charge in [-0.25, -0.2) is 0 Å². The molecular weight excluding hydrogens is 336 g/mol. The van der Waals surface area contributed by atoms with E-state index in [4.69, 9.17) is 9.84 Å². The fourth-order valence-corrected chi connectivity index (χ4v) is 2.88. The van der Waals surface area contributed by atoms with E-state index in [-0.39, 0.29) is 12.5 Å². The quantitative estimate of drug-likeness (QED) is 0.315. The van der Waals surface area contributed by atoms with Crippen LogP contribution >= 0.6 is 0 Å². The number of hydrogen-bond acceptors (Lipinski definition) is 2. The SMILES string of the molecule is CCCCCCCCCCC#C[C@@H](C)OCc1ccc(CCC(=O)O)cc1. The van der Waals surface area contributed by atoms with E-state index in [1.807, 2.05) is 31.2 Å². The molecule has 1 aromatic rings. The zero-order valence-electron chi connectivity index (χ0n) is 17.1. The van der Waals surface area contributed by atoms with Crippen LogP contribution in [0.4, 0.5) is 0 Å². The van der Waals surface area contributed by atoms with E-state index in [0.29, 0.717) is 13.0 Å². The first kappa shape index (κ1) is 23.2. The lowest BCUT2D eigenvalue weighted by atomic mass is 10.1. The van der Waals surface area contributed by atoms with Crippen molar-refractivity contribution < 1.29 is 14.6 Å². The van der Waals surface area contributed by atoms with Gasteiger partial charge in [0.2, 0.25) is 0 Å². The van der Waals surface area contributed by atoms with Crippen molar-refractivity contribution in [1.29, 1.82) is 0 Å². The van der Waals surface area contributed by atoms with Gasteiger partial charge < -0.3 is 9.84 Å². The molecule has 0 heterocycles. The number of unbranched alkanes of at least 4 members (excludes halogenated alkanes) is 8. The Morgan fingerprint density at radius 2 is 1.59 bits per heavy atom. The van der Waals surface area contributed by atoms with Gasteiger partial charge in [-0.2, -0.15) is 0 Å². The average Bonchev–Trinajstić information content (AvgIpc) is 2.67. The minimum Gasteiger partial charge on any atom is -0.481 e. The number of hydrogen-bond donors (Lipinski definition) is 1. The smallest absolute Gasteiger partial charge is 0.303 e. The molecule has 0 amide bonds. The van der Waals surface area contributed by atoms with Crippen LogP contribution in [-0.2, 0) is 22.6 Å². The van der Waals surface area contributed by atoms with Crippen LogP contribution in [0.15, 0.2) is 24.3 Å². The second-order valence-corrected chi connectivity index (χ2v) is 7.21. The van der Waals surface area contributed by atoms with E-state index in [9.17, 15) is 4.79 Å². The highest BCUT2D eigenvalue weighted by Crippen LogP contribution is 2.10. The van der Waals surface area contributed by atoms with Gasteiger partial charge in [0.25, 0.3) is 0 Å². The summed E-state index contributed by atoms with van der Waals surface area (Å²) in [6.45, 7) is 4.78. The molecule has 1 N–H and O–H groups in total. The Labute approximate surface area is 165 Å². The number of rotatable bonds is 14. The summed E-state index contributed by atoms with van der Waals surface area (Å²) in [7, 11) is 0. The van der Waals surface area contributed by atoms with Crippen molar-refractivity contribution in [3.63, 3.8) is 0 Å². The average molecular weight is 373 g/mol. The maximum atomic E-state index is 10.6. The van der Waals surface area contributed by atoms with Gasteiger partial charge in [0, 0.05) is 12.8 Å². The molecule has 150 valence electrons. The summed E-state index contributed by atoms with van der Waals surface area (Å²) in [5, 5.41) is 8.71. The lowest BCUT2D eigenvalue weighted by Crippen LogP contribution is -2.05. The number of benzene rings is 1. The third-order valence-electron chi connectivity index (χ3n) is 4.61. The first-order chi connectivity index (χ1) is 13.1. The number of carbonyl (C=O) groups is 1. The van der Waals surface area contributed by atoms with Crippen LogP contribution in [-0.4, -0.2) is 17.2 Å². The number of carboxylic acid groups (broad SMARTS) is 1. The molecular formula is C24H36O3. The van der Waals surface area contributed by atoms with Gasteiger partial charge in [-0.05, 0) is 30.9 Å². The maximum absolute atomic E-state index is 10.6. The highest BCUT2D eigenvalue weighted by atomic mass is 16.5. The van der Waals surface area contributed by atoms with E-state index in [0.717, 1.165) is 17.5 Å². The Kier molecular flexibility index (Phi) is 13.2. The predicted octanol–water partition coefficient (Wildman–Crippen LogP) is 6.14. The molecule has 0 aliphatic rings. The maximum Gasteiger partial charge on any atom is 0.303 e. The van der Waals surface area contributed by atoms with Crippen molar-refractivity contribution in [3.8, 4) is 11.8 Å². The van der Waals surface area contributed by atoms with Crippen LogP contribution in [0, 0.1) is 11.8 Å². The Hall–Kier alpha value is -1.79. The zero-order chi connectivity index (χ0) is 19.7. The molecule has 3 heteroatoms. The fourth-order valence-electron chi connectivity index (χ4n) is 2.88. The lowest BCUT2D eigenvalue weighted by Gasteiger charge is -2.08. The fraction of sp³-hybridized carbons (Fsp3) is 0.625. The zero-order valence-corrected chi connectivity index (χ0v) is 17.1. The minimum atomic E-state index is -0.762. The first-order valence-electron chi connectivity index (χ1n) is 10.5. The molecule has 0 aliphatic carbocycles. The van der Waals surface area contributed by atoms with Crippen molar-refractivity contribution in [1.82, 2.24) is 0 Å². The molecule has 1 aromatic carbocycles. The largest absolute Gasteiger partial charge is 0.481 e. The molecule has 0 aromatic heterocycles. The Balaban J connectivity index is 2.10. The Morgan fingerprint density at radius 3 is 2.22 bits per heavy atom. The van der Waals surface area contributed by atoms with Crippen molar-refractivity contribution in [2.45, 2.75) is 97.2 Å². The summed E-state index contributed by atoms with van der Waals surface area (Å²) >= 11 is 0. The molecule has 1 atom stereocenters. The van der Waals surface area contributed by atoms with E-state index in [1.165, 1.54) is 51.4 Å². The number of aliphatic carboxylic acids is 1. The van der Waals surface area contributed by atoms with E-state index in [2.05, 4.69) is 18.8 Å². The Bertz CT molecular complexity index is 566. The van der Waals surface area contributed by atoms with Gasteiger partial charge in [-0.3, -0.25) is 4.79 Å². The first-order valence-corrected chi connectivity index (χ1v) is 10.5. The summed E-state index contributed by atoms with van der Waals surface area (Å²) in [6, 6.07) is 7.94. The summed E-state index contributed by atoms with van der Waals surface area (Å²) in [5.74, 6) is 5.65.